The highest BCUT2D eigenvalue weighted by molar-refractivity contribution is 7.09. The van der Waals surface area contributed by atoms with E-state index in [1.807, 2.05) is 5.38 Å². The van der Waals surface area contributed by atoms with Gasteiger partial charge in [-0.25, -0.2) is 4.98 Å². The van der Waals surface area contributed by atoms with Crippen LogP contribution in [0.15, 0.2) is 16.0 Å². The molecule has 0 aliphatic heterocycles. The molecule has 0 saturated carbocycles. The van der Waals surface area contributed by atoms with Gasteiger partial charge >= 0.3 is 0 Å². The number of thiazole rings is 1. The lowest BCUT2D eigenvalue weighted by atomic mass is 10.1. The number of aromatic nitrogens is 2. The van der Waals surface area contributed by atoms with Gasteiger partial charge in [0, 0.05) is 11.4 Å². The Labute approximate surface area is 122 Å². The predicted octanol–water partition coefficient (Wildman–Crippen LogP) is 2.82. The molecule has 0 radical (unpaired) electrons. The van der Waals surface area contributed by atoms with Crippen molar-refractivity contribution in [3.05, 3.63) is 33.6 Å². The van der Waals surface area contributed by atoms with E-state index in [4.69, 9.17) is 4.52 Å². The molecular weight excluding hydrogens is 274 g/mol. The zero-order valence-electron chi connectivity index (χ0n) is 12.0. The van der Waals surface area contributed by atoms with Gasteiger partial charge in [0.1, 0.15) is 5.01 Å². The average Bonchev–Trinajstić information content (AvgIpc) is 3.04. The van der Waals surface area contributed by atoms with E-state index in [-0.39, 0.29) is 11.7 Å². The number of carbonyl (C=O) groups excluding carboxylic acids is 1. The summed E-state index contributed by atoms with van der Waals surface area (Å²) in [6, 6.07) is 1.70. The Morgan fingerprint density at radius 3 is 2.90 bits per heavy atom. The van der Waals surface area contributed by atoms with Gasteiger partial charge in [0.2, 0.25) is 5.76 Å². The zero-order chi connectivity index (χ0) is 14.5. The summed E-state index contributed by atoms with van der Waals surface area (Å²) in [6.07, 6.45) is 1.72. The Bertz CT molecular complexity index is 574. The molecule has 2 aromatic rings. The lowest BCUT2D eigenvalue weighted by molar-refractivity contribution is 0.0914. The quantitative estimate of drug-likeness (QED) is 0.889. The van der Waals surface area contributed by atoms with Crippen LogP contribution in [0.4, 0.5) is 0 Å². The lowest BCUT2D eigenvalue weighted by Crippen LogP contribution is -2.22. The van der Waals surface area contributed by atoms with Crippen molar-refractivity contribution in [2.75, 3.05) is 0 Å². The third-order valence-corrected chi connectivity index (χ3v) is 3.66. The maximum Gasteiger partial charge on any atom is 0.290 e. The van der Waals surface area contributed by atoms with Crippen molar-refractivity contribution < 1.29 is 9.32 Å². The molecule has 0 atom stereocenters. The third-order valence-electron chi connectivity index (χ3n) is 2.76. The summed E-state index contributed by atoms with van der Waals surface area (Å²) in [7, 11) is 0. The van der Waals surface area contributed by atoms with Crippen LogP contribution in [0.2, 0.25) is 0 Å². The molecule has 1 N–H and O–H groups in total. The summed E-state index contributed by atoms with van der Waals surface area (Å²) >= 11 is 1.55. The largest absolute Gasteiger partial charge is 0.351 e. The van der Waals surface area contributed by atoms with Crippen LogP contribution < -0.4 is 5.32 Å². The van der Waals surface area contributed by atoms with E-state index in [1.54, 1.807) is 17.4 Å². The lowest BCUT2D eigenvalue weighted by Gasteiger charge is -1.99. The first-order chi connectivity index (χ1) is 9.58. The highest BCUT2D eigenvalue weighted by Crippen LogP contribution is 2.11. The molecule has 0 aromatic carbocycles. The number of aryl methyl sites for hydroxylation is 1. The monoisotopic (exact) mass is 293 g/mol. The number of amides is 1. The summed E-state index contributed by atoms with van der Waals surface area (Å²) in [6.45, 7) is 6.68. The third kappa shape index (κ3) is 3.90. The second kappa shape index (κ2) is 6.65. The van der Waals surface area contributed by atoms with Crippen molar-refractivity contribution in [2.45, 2.75) is 40.2 Å². The smallest absolute Gasteiger partial charge is 0.290 e. The van der Waals surface area contributed by atoms with Crippen LogP contribution in [0.5, 0.6) is 0 Å². The molecule has 20 heavy (non-hydrogen) atoms. The van der Waals surface area contributed by atoms with Crippen LogP contribution in [0, 0.1) is 5.92 Å². The Hall–Kier alpha value is -1.69. The van der Waals surface area contributed by atoms with Gasteiger partial charge in [-0.05, 0) is 18.8 Å². The normalized spacial score (nSPS) is 11.0. The van der Waals surface area contributed by atoms with E-state index >= 15 is 0 Å². The van der Waals surface area contributed by atoms with Crippen LogP contribution in [0.3, 0.4) is 0 Å². The molecule has 6 heteroatoms. The molecular formula is C14H19N3O2S. The molecule has 5 nitrogen and oxygen atoms in total. The van der Waals surface area contributed by atoms with Crippen molar-refractivity contribution in [3.8, 4) is 0 Å². The van der Waals surface area contributed by atoms with Crippen LogP contribution in [0.1, 0.15) is 47.7 Å². The maximum absolute atomic E-state index is 11.9. The van der Waals surface area contributed by atoms with Gasteiger partial charge in [-0.1, -0.05) is 25.9 Å². The Morgan fingerprint density at radius 2 is 2.25 bits per heavy atom. The summed E-state index contributed by atoms with van der Waals surface area (Å²) in [4.78, 5) is 16.3. The fourth-order valence-electron chi connectivity index (χ4n) is 1.77. The first-order valence-corrected chi connectivity index (χ1v) is 7.63. The second-order valence-electron chi connectivity index (χ2n) is 5.05. The second-order valence-corrected chi connectivity index (χ2v) is 5.99. The summed E-state index contributed by atoms with van der Waals surface area (Å²) in [5.74, 6) is 0.493. The molecule has 0 bridgehead atoms. The van der Waals surface area contributed by atoms with Crippen LogP contribution in [0.25, 0.3) is 0 Å². The molecule has 108 valence electrons. The number of carbonyl (C=O) groups is 1. The number of nitrogens with one attached hydrogen (secondary N) is 1. The first kappa shape index (κ1) is 14.7. The number of hydrogen-bond acceptors (Lipinski definition) is 5. The van der Waals surface area contributed by atoms with E-state index in [9.17, 15) is 4.79 Å². The van der Waals surface area contributed by atoms with Crippen molar-refractivity contribution in [3.63, 3.8) is 0 Å². The fraction of sp³-hybridized carbons (Fsp3) is 0.500. The van der Waals surface area contributed by atoms with E-state index in [0.717, 1.165) is 29.2 Å². The van der Waals surface area contributed by atoms with E-state index in [1.165, 1.54) is 0 Å². The molecule has 2 aromatic heterocycles. The average molecular weight is 293 g/mol. The molecule has 0 spiro atoms. The van der Waals surface area contributed by atoms with Gasteiger partial charge in [0.05, 0.1) is 17.9 Å². The minimum Gasteiger partial charge on any atom is -0.351 e. The molecule has 1 amide bonds. The highest BCUT2D eigenvalue weighted by Gasteiger charge is 2.14. The minimum absolute atomic E-state index is 0.249. The van der Waals surface area contributed by atoms with Crippen LogP contribution in [-0.4, -0.2) is 16.0 Å². The zero-order valence-corrected chi connectivity index (χ0v) is 12.8. The van der Waals surface area contributed by atoms with Gasteiger partial charge in [-0.3, -0.25) is 4.79 Å². The van der Waals surface area contributed by atoms with Gasteiger partial charge in [0.25, 0.3) is 5.91 Å². The van der Waals surface area contributed by atoms with Crippen LogP contribution >= 0.6 is 11.3 Å². The number of hydrogen-bond donors (Lipinski definition) is 1. The molecule has 0 unspecified atom stereocenters. The maximum atomic E-state index is 11.9. The molecule has 0 aliphatic carbocycles. The Balaban J connectivity index is 1.89. The van der Waals surface area contributed by atoms with Crippen molar-refractivity contribution in [2.24, 2.45) is 5.92 Å². The molecule has 0 fully saturated rings. The summed E-state index contributed by atoms with van der Waals surface area (Å²) < 4.78 is 5.06. The number of nitrogens with zero attached hydrogens (tertiary/aromatic N) is 2. The van der Waals surface area contributed by atoms with Crippen molar-refractivity contribution in [1.82, 2.24) is 15.5 Å². The molecule has 0 saturated heterocycles. The fourth-order valence-corrected chi connectivity index (χ4v) is 2.59. The van der Waals surface area contributed by atoms with E-state index in [2.05, 4.69) is 36.2 Å². The topological polar surface area (TPSA) is 68.0 Å². The highest BCUT2D eigenvalue weighted by atomic mass is 32.1. The molecule has 2 rings (SSSR count). The standard InChI is InChI=1S/C14H19N3O2S/c1-4-10-8-20-13(16-10)7-15-14(18)12-6-11(17-19-12)5-9(2)3/h6,8-9H,4-5,7H2,1-3H3,(H,15,18). The van der Waals surface area contributed by atoms with Gasteiger partial charge in [-0.15, -0.1) is 11.3 Å². The van der Waals surface area contributed by atoms with Gasteiger partial charge < -0.3 is 9.84 Å². The van der Waals surface area contributed by atoms with E-state index < -0.39 is 0 Å². The SMILES string of the molecule is CCc1csc(CNC(=O)c2cc(CC(C)C)no2)n1. The van der Waals surface area contributed by atoms with Crippen molar-refractivity contribution in [1.29, 1.82) is 0 Å². The Kier molecular flexibility index (Phi) is 4.89. The molecule has 0 aliphatic rings. The number of rotatable bonds is 6. The minimum atomic E-state index is -0.249. The Morgan fingerprint density at radius 1 is 1.45 bits per heavy atom. The summed E-state index contributed by atoms with van der Waals surface area (Å²) in [5, 5.41) is 9.61. The van der Waals surface area contributed by atoms with Crippen LogP contribution in [-0.2, 0) is 19.4 Å². The van der Waals surface area contributed by atoms with Crippen molar-refractivity contribution >= 4 is 17.2 Å². The first-order valence-electron chi connectivity index (χ1n) is 6.75. The molecule has 2 heterocycles. The predicted molar refractivity (Wildman–Crippen MR) is 77.7 cm³/mol. The van der Waals surface area contributed by atoms with E-state index in [0.29, 0.717) is 12.5 Å². The van der Waals surface area contributed by atoms with Gasteiger partial charge in [-0.2, -0.15) is 0 Å². The summed E-state index contributed by atoms with van der Waals surface area (Å²) in [5.41, 5.74) is 1.87. The van der Waals surface area contributed by atoms with Gasteiger partial charge in [0.15, 0.2) is 0 Å².